The van der Waals surface area contributed by atoms with Crippen LogP contribution in [0.3, 0.4) is 0 Å². The molecule has 4 aromatic rings. The molecule has 10 heteroatoms. The summed E-state index contributed by atoms with van der Waals surface area (Å²) in [6.45, 7) is 2.45. The first-order chi connectivity index (χ1) is 18.9. The van der Waals surface area contributed by atoms with Crippen molar-refractivity contribution in [2.24, 2.45) is 5.16 Å². The van der Waals surface area contributed by atoms with E-state index in [0.29, 0.717) is 30.0 Å². The summed E-state index contributed by atoms with van der Waals surface area (Å²) in [5, 5.41) is 25.0. The Hall–Kier alpha value is -4.44. The summed E-state index contributed by atoms with van der Waals surface area (Å²) in [6.07, 6.45) is 1.09. The first-order valence-corrected chi connectivity index (χ1v) is 13.4. The van der Waals surface area contributed by atoms with E-state index in [1.807, 2.05) is 55.5 Å². The van der Waals surface area contributed by atoms with Gasteiger partial charge in [-0.1, -0.05) is 71.9 Å². The van der Waals surface area contributed by atoms with Crippen LogP contribution in [0.25, 0.3) is 10.2 Å². The zero-order chi connectivity index (χ0) is 27.8. The summed E-state index contributed by atoms with van der Waals surface area (Å²) in [5.74, 6) is -0.780. The number of carboxylic acid groups (broad SMARTS) is 1. The van der Waals surface area contributed by atoms with Crippen molar-refractivity contribution in [1.82, 2.24) is 9.88 Å². The Morgan fingerprint density at radius 1 is 1.05 bits per heavy atom. The van der Waals surface area contributed by atoms with Gasteiger partial charge in [0, 0.05) is 24.0 Å². The molecule has 9 nitrogen and oxygen atoms in total. The number of nitrogens with zero attached hydrogens (tertiary/aromatic N) is 2. The van der Waals surface area contributed by atoms with Crippen molar-refractivity contribution in [3.05, 3.63) is 99.2 Å². The molecule has 1 heterocycles. The minimum atomic E-state index is -1.08. The molecule has 0 saturated heterocycles. The van der Waals surface area contributed by atoms with Gasteiger partial charge < -0.3 is 20.4 Å². The third-order valence-corrected chi connectivity index (χ3v) is 7.09. The molecule has 1 aromatic heterocycles. The van der Waals surface area contributed by atoms with Gasteiger partial charge in [-0.2, -0.15) is 0 Å². The molecule has 3 N–H and O–H groups in total. The summed E-state index contributed by atoms with van der Waals surface area (Å²) < 4.78 is 8.25. The lowest BCUT2D eigenvalue weighted by atomic mass is 10.0. The van der Waals surface area contributed by atoms with Crippen molar-refractivity contribution >= 4 is 39.1 Å². The number of nitrogens with one attached hydrogen (secondary N) is 1. The molecule has 202 valence electrons. The Morgan fingerprint density at radius 3 is 2.46 bits per heavy atom. The zero-order valence-electron chi connectivity index (χ0n) is 21.4. The Labute approximate surface area is 229 Å². The number of carbonyl (C=O) groups is 2. The average molecular weight is 548 g/mol. The molecule has 3 aromatic carbocycles. The molecule has 0 aliphatic heterocycles. The normalized spacial score (nSPS) is 12.3. The average Bonchev–Trinajstić information content (AvgIpc) is 3.24. The van der Waals surface area contributed by atoms with Crippen LogP contribution in [0.1, 0.15) is 36.5 Å². The van der Waals surface area contributed by atoms with Crippen LogP contribution in [0.5, 0.6) is 5.75 Å². The monoisotopic (exact) mass is 547 g/mol. The highest BCUT2D eigenvalue weighted by molar-refractivity contribution is 7.16. The second-order valence-corrected chi connectivity index (χ2v) is 9.91. The first kappa shape index (κ1) is 27.6. The van der Waals surface area contributed by atoms with Crippen LogP contribution in [0.15, 0.2) is 82.7 Å². The predicted octanol–water partition coefficient (Wildman–Crippen LogP) is 4.28. The minimum absolute atomic E-state index is 0.117. The third kappa shape index (κ3) is 6.91. The van der Waals surface area contributed by atoms with Crippen molar-refractivity contribution < 1.29 is 24.6 Å². The molecule has 0 radical (unpaired) electrons. The fourth-order valence-electron chi connectivity index (χ4n) is 4.21. The van der Waals surface area contributed by atoms with E-state index in [1.54, 1.807) is 28.8 Å². The van der Waals surface area contributed by atoms with E-state index in [9.17, 15) is 24.7 Å². The van der Waals surface area contributed by atoms with Crippen LogP contribution in [-0.4, -0.2) is 45.1 Å². The van der Waals surface area contributed by atoms with Crippen LogP contribution in [0.4, 0.5) is 0 Å². The van der Waals surface area contributed by atoms with Gasteiger partial charge in [-0.05, 0) is 36.2 Å². The highest BCUT2D eigenvalue weighted by Gasteiger charge is 2.20. The maximum atomic E-state index is 12.7. The van der Waals surface area contributed by atoms with Crippen molar-refractivity contribution in [3.63, 3.8) is 0 Å². The number of hydrogen-bond acceptors (Lipinski definition) is 7. The van der Waals surface area contributed by atoms with E-state index < -0.39 is 12.0 Å². The number of aromatic nitrogens is 1. The Bertz CT molecular complexity index is 1530. The largest absolute Gasteiger partial charge is 0.492 e. The predicted molar refractivity (Wildman–Crippen MR) is 150 cm³/mol. The maximum absolute atomic E-state index is 12.7. The molecule has 0 saturated carbocycles. The number of hydrogen-bond donors (Lipinski definition) is 3. The van der Waals surface area contributed by atoms with Crippen molar-refractivity contribution in [2.45, 2.75) is 38.8 Å². The molecule has 1 unspecified atom stereocenters. The van der Waals surface area contributed by atoms with Gasteiger partial charge in [0.05, 0.1) is 16.8 Å². The van der Waals surface area contributed by atoms with Crippen molar-refractivity contribution in [2.75, 3.05) is 6.61 Å². The van der Waals surface area contributed by atoms with Gasteiger partial charge in [0.15, 0.2) is 0 Å². The number of carbonyl (C=O) groups excluding carboxylic acids is 1. The lowest BCUT2D eigenvalue weighted by Crippen LogP contribution is -2.42. The Balaban J connectivity index is 1.39. The third-order valence-electron chi connectivity index (χ3n) is 6.15. The summed E-state index contributed by atoms with van der Waals surface area (Å²) >= 11 is 1.12. The highest BCUT2D eigenvalue weighted by atomic mass is 32.1. The summed E-state index contributed by atoms with van der Waals surface area (Å²) in [7, 11) is 0. The maximum Gasteiger partial charge on any atom is 0.326 e. The Morgan fingerprint density at radius 2 is 1.79 bits per heavy atom. The second-order valence-electron chi connectivity index (χ2n) is 8.92. The lowest BCUT2D eigenvalue weighted by Gasteiger charge is -2.15. The van der Waals surface area contributed by atoms with Crippen LogP contribution in [0.2, 0.25) is 0 Å². The fourth-order valence-corrected chi connectivity index (χ4v) is 5.17. The molecule has 4 rings (SSSR count). The number of rotatable bonds is 12. The standard InChI is InChI=1S/C29H29N3O6S/c1-2-6-26(33)30-23(28(34)35)17-19-9-12-22(13-10-19)38-16-15-32-24-14-11-21(18-25(24)39-29(32)36)27(31-37)20-7-4-3-5-8-20/h3-5,7-14,18,23,37H,2,6,15-17H2,1H3,(H,30,33)(H,34,35). The molecular weight excluding hydrogens is 518 g/mol. The number of oxime groups is 1. The van der Waals surface area contributed by atoms with Crippen LogP contribution < -0.4 is 14.9 Å². The molecule has 1 amide bonds. The van der Waals surface area contributed by atoms with E-state index in [4.69, 9.17) is 4.74 Å². The van der Waals surface area contributed by atoms with Crippen molar-refractivity contribution in [1.29, 1.82) is 0 Å². The summed E-state index contributed by atoms with van der Waals surface area (Å²) in [6, 6.07) is 20.8. The molecular formula is C29H29N3O6S. The second kappa shape index (κ2) is 12.9. The SMILES string of the molecule is CCCC(=O)NC(Cc1ccc(OCCn2c(=O)sc3cc(C(=NO)c4ccccc4)ccc32)cc1)C(=O)O. The summed E-state index contributed by atoms with van der Waals surface area (Å²) in [5.41, 5.74) is 3.42. The van der Waals surface area contributed by atoms with Gasteiger partial charge in [0.2, 0.25) is 5.91 Å². The molecule has 39 heavy (non-hydrogen) atoms. The molecule has 0 spiro atoms. The van der Waals surface area contributed by atoms with Crippen molar-refractivity contribution in [3.8, 4) is 5.75 Å². The van der Waals surface area contributed by atoms with E-state index in [0.717, 1.165) is 32.7 Å². The van der Waals surface area contributed by atoms with Gasteiger partial charge in [-0.25, -0.2) is 4.79 Å². The van der Waals surface area contributed by atoms with Gasteiger partial charge in [-0.3, -0.25) is 14.2 Å². The highest BCUT2D eigenvalue weighted by Crippen LogP contribution is 2.22. The summed E-state index contributed by atoms with van der Waals surface area (Å²) in [4.78, 5) is 35.9. The van der Waals surface area contributed by atoms with Gasteiger partial charge >= 0.3 is 10.8 Å². The molecule has 0 bridgehead atoms. The van der Waals surface area contributed by atoms with Crippen LogP contribution in [-0.2, 0) is 22.6 Å². The number of ether oxygens (including phenoxy) is 1. The van der Waals surface area contributed by atoms with E-state index in [1.165, 1.54) is 0 Å². The first-order valence-electron chi connectivity index (χ1n) is 12.5. The topological polar surface area (TPSA) is 130 Å². The molecule has 0 aliphatic carbocycles. The number of aliphatic carboxylic acids is 1. The van der Waals surface area contributed by atoms with E-state index in [-0.39, 0.29) is 30.2 Å². The number of amides is 1. The van der Waals surface area contributed by atoms with Crippen LogP contribution >= 0.6 is 11.3 Å². The van der Waals surface area contributed by atoms with Gasteiger partial charge in [-0.15, -0.1) is 0 Å². The molecule has 0 fully saturated rings. The number of benzene rings is 3. The smallest absolute Gasteiger partial charge is 0.326 e. The van der Waals surface area contributed by atoms with Crippen LogP contribution in [0, 0.1) is 0 Å². The fraction of sp³-hybridized carbons (Fsp3) is 0.241. The lowest BCUT2D eigenvalue weighted by molar-refractivity contribution is -0.141. The molecule has 0 aliphatic rings. The number of fused-ring (bicyclic) bond motifs is 1. The van der Waals surface area contributed by atoms with E-state index in [2.05, 4.69) is 10.5 Å². The van der Waals surface area contributed by atoms with Gasteiger partial charge in [0.1, 0.15) is 24.1 Å². The number of carboxylic acids is 1. The quantitative estimate of drug-likeness (QED) is 0.138. The Kier molecular flexibility index (Phi) is 9.11. The minimum Gasteiger partial charge on any atom is -0.492 e. The van der Waals surface area contributed by atoms with Gasteiger partial charge in [0.25, 0.3) is 0 Å². The number of thiazole rings is 1. The zero-order valence-corrected chi connectivity index (χ0v) is 22.2. The van der Waals surface area contributed by atoms with E-state index >= 15 is 0 Å². The molecule has 1 atom stereocenters.